The fraction of sp³-hybridized carbons (Fsp3) is 0.700. The van der Waals surface area contributed by atoms with E-state index in [0.29, 0.717) is 19.1 Å². The molecule has 0 radical (unpaired) electrons. The van der Waals surface area contributed by atoms with Crippen LogP contribution in [0.1, 0.15) is 52.0 Å². The van der Waals surface area contributed by atoms with Crippen LogP contribution in [-0.4, -0.2) is 42.4 Å². The van der Waals surface area contributed by atoms with Gasteiger partial charge < -0.3 is 14.7 Å². The van der Waals surface area contributed by atoms with E-state index in [1.165, 1.54) is 12.0 Å². The van der Waals surface area contributed by atoms with Gasteiger partial charge >= 0.3 is 0 Å². The Balaban J connectivity index is 0.00000288. The van der Waals surface area contributed by atoms with Gasteiger partial charge in [-0.05, 0) is 42.2 Å². The van der Waals surface area contributed by atoms with Crippen LogP contribution in [0.4, 0.5) is 0 Å². The number of benzene rings is 1. The molecule has 2 rings (SSSR count). The van der Waals surface area contributed by atoms with Gasteiger partial charge in [0.2, 0.25) is 0 Å². The highest BCUT2D eigenvalue weighted by molar-refractivity contribution is 5.85. The summed E-state index contributed by atoms with van der Waals surface area (Å²) in [5, 5.41) is 10.4. The number of ether oxygens (including phenoxy) is 1. The summed E-state index contributed by atoms with van der Waals surface area (Å²) in [4.78, 5) is 2.38. The van der Waals surface area contributed by atoms with Crippen LogP contribution >= 0.6 is 12.4 Å². The van der Waals surface area contributed by atoms with Gasteiger partial charge in [0.05, 0.1) is 0 Å². The van der Waals surface area contributed by atoms with Gasteiger partial charge in [-0.15, -0.1) is 12.4 Å². The molecule has 1 aromatic carbocycles. The summed E-state index contributed by atoms with van der Waals surface area (Å²) in [5.41, 5.74) is 1.24. The highest BCUT2D eigenvalue weighted by atomic mass is 35.5. The van der Waals surface area contributed by atoms with Crippen LogP contribution in [0, 0.1) is 11.8 Å². The smallest absolute Gasteiger partial charge is 0.122 e. The molecule has 1 N–H and O–H groups in total. The predicted molar refractivity (Wildman–Crippen MR) is 103 cm³/mol. The molecule has 1 aromatic rings. The Kier molecular flexibility index (Phi) is 9.11. The highest BCUT2D eigenvalue weighted by Crippen LogP contribution is 2.28. The molecule has 1 aliphatic rings. The van der Waals surface area contributed by atoms with E-state index >= 15 is 0 Å². The minimum absolute atomic E-state index is 0. The number of aliphatic hydroxyl groups excluding tert-OH is 1. The van der Waals surface area contributed by atoms with Crippen molar-refractivity contribution < 1.29 is 9.84 Å². The first kappa shape index (κ1) is 21.3. The third-order valence-electron chi connectivity index (χ3n) is 4.91. The van der Waals surface area contributed by atoms with E-state index in [-0.39, 0.29) is 12.4 Å². The van der Waals surface area contributed by atoms with E-state index in [4.69, 9.17) is 4.74 Å². The second-order valence-electron chi connectivity index (χ2n) is 7.48. The average molecular weight is 356 g/mol. The number of nitrogens with zero attached hydrogens (tertiary/aromatic N) is 1. The van der Waals surface area contributed by atoms with Crippen molar-refractivity contribution >= 4 is 12.4 Å². The van der Waals surface area contributed by atoms with E-state index in [0.717, 1.165) is 37.1 Å². The van der Waals surface area contributed by atoms with Crippen LogP contribution in [-0.2, 0) is 0 Å². The van der Waals surface area contributed by atoms with Crippen molar-refractivity contribution in [2.24, 2.45) is 11.8 Å². The summed E-state index contributed by atoms with van der Waals surface area (Å²) in [6.45, 7) is 12.3. The molecule has 4 unspecified atom stereocenters. The van der Waals surface area contributed by atoms with Gasteiger partial charge in [-0.2, -0.15) is 0 Å². The summed E-state index contributed by atoms with van der Waals surface area (Å²) >= 11 is 0. The molecule has 3 nitrogen and oxygen atoms in total. The second-order valence-corrected chi connectivity index (χ2v) is 7.48. The molecule has 4 atom stereocenters. The van der Waals surface area contributed by atoms with E-state index in [9.17, 15) is 5.11 Å². The SMILES string of the molecule is CCC(C)c1ccccc1OCC(O)CN1CC(C)CC(C)C1.Cl. The number of halogens is 1. The molecule has 24 heavy (non-hydrogen) atoms. The molecule has 1 fully saturated rings. The number of rotatable bonds is 7. The van der Waals surface area contributed by atoms with Crippen LogP contribution in [0.15, 0.2) is 24.3 Å². The number of hydrogen-bond acceptors (Lipinski definition) is 3. The third kappa shape index (κ3) is 6.27. The maximum absolute atomic E-state index is 10.4. The van der Waals surface area contributed by atoms with Gasteiger partial charge in [0.25, 0.3) is 0 Å². The van der Waals surface area contributed by atoms with E-state index in [1.807, 2.05) is 12.1 Å². The van der Waals surface area contributed by atoms with Gasteiger partial charge in [0.15, 0.2) is 0 Å². The first-order chi connectivity index (χ1) is 11.0. The molecular formula is C20H34ClNO2. The summed E-state index contributed by atoms with van der Waals surface area (Å²) in [7, 11) is 0. The highest BCUT2D eigenvalue weighted by Gasteiger charge is 2.23. The van der Waals surface area contributed by atoms with Gasteiger partial charge in [-0.25, -0.2) is 0 Å². The summed E-state index contributed by atoms with van der Waals surface area (Å²) in [6, 6.07) is 8.20. The normalized spacial score (nSPS) is 24.0. The standard InChI is InChI=1S/C20H33NO2.ClH/c1-5-17(4)19-8-6-7-9-20(19)23-14-18(22)13-21-11-15(2)10-16(3)12-21;/h6-9,15-18,22H,5,10-14H2,1-4H3;1H. The topological polar surface area (TPSA) is 32.7 Å². The molecule has 1 aliphatic heterocycles. The van der Waals surface area contributed by atoms with Crippen molar-refractivity contribution in [1.29, 1.82) is 0 Å². The zero-order valence-electron chi connectivity index (χ0n) is 15.6. The largest absolute Gasteiger partial charge is 0.491 e. The van der Waals surface area contributed by atoms with E-state index < -0.39 is 6.10 Å². The second kappa shape index (κ2) is 10.3. The Labute approximate surface area is 153 Å². The monoisotopic (exact) mass is 355 g/mol. The van der Waals surface area contributed by atoms with Crippen molar-refractivity contribution in [1.82, 2.24) is 4.90 Å². The molecule has 1 saturated heterocycles. The van der Waals surface area contributed by atoms with Gasteiger partial charge in [0, 0.05) is 19.6 Å². The van der Waals surface area contributed by atoms with Crippen LogP contribution in [0.25, 0.3) is 0 Å². The Hall–Kier alpha value is -0.770. The number of likely N-dealkylation sites (tertiary alicyclic amines) is 1. The van der Waals surface area contributed by atoms with Crippen molar-refractivity contribution in [3.05, 3.63) is 29.8 Å². The number of aliphatic hydroxyl groups is 1. The molecular weight excluding hydrogens is 322 g/mol. The van der Waals surface area contributed by atoms with Crippen LogP contribution in [0.2, 0.25) is 0 Å². The van der Waals surface area contributed by atoms with Crippen molar-refractivity contribution in [3.63, 3.8) is 0 Å². The van der Waals surface area contributed by atoms with Crippen LogP contribution in [0.3, 0.4) is 0 Å². The molecule has 1 heterocycles. The minimum Gasteiger partial charge on any atom is -0.491 e. The average Bonchev–Trinajstić information content (AvgIpc) is 2.51. The first-order valence-corrected chi connectivity index (χ1v) is 9.11. The molecule has 4 heteroatoms. The summed E-state index contributed by atoms with van der Waals surface area (Å²) in [5.74, 6) is 2.84. The number of para-hydroxylation sites is 1. The lowest BCUT2D eigenvalue weighted by molar-refractivity contribution is 0.0426. The number of hydrogen-bond donors (Lipinski definition) is 1. The van der Waals surface area contributed by atoms with Gasteiger partial charge in [-0.3, -0.25) is 0 Å². The lowest BCUT2D eigenvalue weighted by Crippen LogP contribution is -2.44. The first-order valence-electron chi connectivity index (χ1n) is 9.11. The third-order valence-corrected chi connectivity index (χ3v) is 4.91. The van der Waals surface area contributed by atoms with Gasteiger partial charge in [0.1, 0.15) is 18.5 Å². The maximum atomic E-state index is 10.4. The fourth-order valence-corrected chi connectivity index (χ4v) is 3.72. The molecule has 0 aromatic heterocycles. The Morgan fingerprint density at radius 1 is 1.21 bits per heavy atom. The molecule has 0 spiro atoms. The molecule has 0 aliphatic carbocycles. The molecule has 0 bridgehead atoms. The minimum atomic E-state index is -0.433. The van der Waals surface area contributed by atoms with Crippen LogP contribution < -0.4 is 4.74 Å². The zero-order valence-corrected chi connectivity index (χ0v) is 16.4. The zero-order chi connectivity index (χ0) is 16.8. The Bertz CT molecular complexity index is 472. The predicted octanol–water partition coefficient (Wildman–Crippen LogP) is 4.34. The number of piperidine rings is 1. The number of β-amino-alcohol motifs (C(OH)–C–C–N with tert-alkyl or cyclic N) is 1. The van der Waals surface area contributed by atoms with Crippen molar-refractivity contribution in [2.75, 3.05) is 26.2 Å². The molecule has 0 amide bonds. The summed E-state index contributed by atoms with van der Waals surface area (Å²) in [6.07, 6.45) is 1.95. The van der Waals surface area contributed by atoms with Crippen LogP contribution in [0.5, 0.6) is 5.75 Å². The lowest BCUT2D eigenvalue weighted by atomic mass is 9.92. The maximum Gasteiger partial charge on any atom is 0.122 e. The van der Waals surface area contributed by atoms with Crippen molar-refractivity contribution in [3.8, 4) is 5.75 Å². The Morgan fingerprint density at radius 3 is 2.46 bits per heavy atom. The fourth-order valence-electron chi connectivity index (χ4n) is 3.72. The van der Waals surface area contributed by atoms with Crippen molar-refractivity contribution in [2.45, 2.75) is 52.6 Å². The molecule has 0 saturated carbocycles. The van der Waals surface area contributed by atoms with E-state index in [1.54, 1.807) is 0 Å². The van der Waals surface area contributed by atoms with Gasteiger partial charge in [-0.1, -0.05) is 45.9 Å². The quantitative estimate of drug-likeness (QED) is 0.789. The Morgan fingerprint density at radius 2 is 1.83 bits per heavy atom. The lowest BCUT2D eigenvalue weighted by Gasteiger charge is -2.36. The molecule has 138 valence electrons. The van der Waals surface area contributed by atoms with E-state index in [2.05, 4.69) is 44.7 Å². The summed E-state index contributed by atoms with van der Waals surface area (Å²) < 4.78 is 5.94.